The van der Waals surface area contributed by atoms with E-state index in [0.717, 1.165) is 24.2 Å². The Bertz CT molecular complexity index is 1270. The van der Waals surface area contributed by atoms with E-state index in [-0.39, 0.29) is 13.2 Å². The van der Waals surface area contributed by atoms with E-state index in [4.69, 9.17) is 18.9 Å². The molecule has 4 N–H and O–H groups in total. The number of nitrogens with zero attached hydrogens (tertiary/aromatic N) is 3. The van der Waals surface area contributed by atoms with Crippen molar-refractivity contribution in [2.24, 2.45) is 0 Å². The third-order valence-corrected chi connectivity index (χ3v) is 7.46. The van der Waals surface area contributed by atoms with Crippen molar-refractivity contribution < 1.29 is 44.2 Å². The van der Waals surface area contributed by atoms with Gasteiger partial charge >= 0.3 is 5.97 Å². The second-order valence-electron chi connectivity index (χ2n) is 10.8. The highest BCUT2D eigenvalue weighted by molar-refractivity contribution is 5.91. The lowest BCUT2D eigenvalue weighted by Crippen LogP contribution is -2.59. The molecule has 1 fully saturated rings. The first kappa shape index (κ1) is 33.5. The van der Waals surface area contributed by atoms with Crippen LogP contribution < -0.4 is 9.47 Å². The molecule has 2 heterocycles. The quantitative estimate of drug-likeness (QED) is 0.100. The van der Waals surface area contributed by atoms with Gasteiger partial charge in [-0.3, -0.25) is 0 Å². The van der Waals surface area contributed by atoms with Gasteiger partial charge in [0.05, 0.1) is 38.1 Å². The molecule has 2 aromatic carbocycles. The smallest absolute Gasteiger partial charge is 0.343 e. The Morgan fingerprint density at radius 1 is 0.864 bits per heavy atom. The van der Waals surface area contributed by atoms with Crippen LogP contribution in [0, 0.1) is 0 Å². The number of aromatic nitrogens is 3. The van der Waals surface area contributed by atoms with Crippen LogP contribution in [-0.2, 0) is 16.0 Å². The number of unbranched alkanes of at least 4 members (excludes halogenated alkanes) is 6. The summed E-state index contributed by atoms with van der Waals surface area (Å²) in [6.07, 6.45) is 3.60. The minimum absolute atomic E-state index is 0.0622. The fraction of sp³-hybridized carbons (Fsp3) is 0.531. The first-order valence-electron chi connectivity index (χ1n) is 15.3. The van der Waals surface area contributed by atoms with E-state index >= 15 is 0 Å². The Hall–Kier alpha value is -3.39. The van der Waals surface area contributed by atoms with Gasteiger partial charge in [0, 0.05) is 5.56 Å². The topological polar surface area (TPSA) is 166 Å². The van der Waals surface area contributed by atoms with Crippen LogP contribution in [0.15, 0.2) is 54.7 Å². The average molecular weight is 614 g/mol. The summed E-state index contributed by atoms with van der Waals surface area (Å²) in [6.45, 7) is 2.68. The summed E-state index contributed by atoms with van der Waals surface area (Å²) in [4.78, 5) is 12.6. The summed E-state index contributed by atoms with van der Waals surface area (Å²) in [5, 5.41) is 47.3. The molecule has 1 aliphatic heterocycles. The molecule has 1 saturated heterocycles. The Labute approximate surface area is 257 Å². The average Bonchev–Trinajstić information content (AvgIpc) is 3.52. The molecule has 1 aliphatic rings. The lowest BCUT2D eigenvalue weighted by molar-refractivity contribution is -0.301. The van der Waals surface area contributed by atoms with E-state index in [1.54, 1.807) is 54.7 Å². The zero-order valence-corrected chi connectivity index (χ0v) is 25.0. The summed E-state index contributed by atoms with van der Waals surface area (Å²) in [6, 6.07) is 13.8. The molecule has 0 amide bonds. The van der Waals surface area contributed by atoms with E-state index < -0.39 is 43.3 Å². The molecule has 3 aromatic rings. The molecule has 12 heteroatoms. The zero-order valence-electron chi connectivity index (χ0n) is 25.0. The van der Waals surface area contributed by atoms with Gasteiger partial charge in [0.1, 0.15) is 41.6 Å². The number of hydrogen-bond donors (Lipinski definition) is 4. The predicted octanol–water partition coefficient (Wildman–Crippen LogP) is 3.11. The van der Waals surface area contributed by atoms with Crippen LogP contribution in [0.1, 0.15) is 62.2 Å². The first-order valence-corrected chi connectivity index (χ1v) is 15.3. The van der Waals surface area contributed by atoms with Crippen molar-refractivity contribution in [1.82, 2.24) is 15.0 Å². The molecule has 0 unspecified atom stereocenters. The van der Waals surface area contributed by atoms with E-state index in [0.29, 0.717) is 23.6 Å². The largest absolute Gasteiger partial charge is 0.494 e. The molecule has 12 nitrogen and oxygen atoms in total. The van der Waals surface area contributed by atoms with Crippen molar-refractivity contribution in [3.8, 4) is 22.8 Å². The van der Waals surface area contributed by atoms with Crippen LogP contribution in [0.4, 0.5) is 0 Å². The predicted molar refractivity (Wildman–Crippen MR) is 160 cm³/mol. The highest BCUT2D eigenvalue weighted by Gasteiger charge is 2.43. The van der Waals surface area contributed by atoms with Crippen LogP contribution in [0.5, 0.6) is 11.5 Å². The number of carbonyl (C=O) groups excluding carboxylic acids is 1. The molecule has 44 heavy (non-hydrogen) atoms. The number of ether oxygens (including phenoxy) is 4. The SMILES string of the molecule is CCCCCCCCCOc1ccc(C(=O)Oc2ccc(-c3cn(CCO[C@@H]4O[C@H](CO)[C@H](O)[C@H](O)[C@H]4O)nn3)cc2)cc1. The van der Waals surface area contributed by atoms with Crippen molar-refractivity contribution in [2.45, 2.75) is 89.1 Å². The van der Waals surface area contributed by atoms with E-state index in [2.05, 4.69) is 17.2 Å². The zero-order chi connectivity index (χ0) is 31.3. The number of carbonyl (C=O) groups is 1. The van der Waals surface area contributed by atoms with E-state index in [1.165, 1.54) is 36.8 Å². The molecule has 0 spiro atoms. The van der Waals surface area contributed by atoms with Crippen molar-refractivity contribution in [3.05, 3.63) is 60.3 Å². The second-order valence-corrected chi connectivity index (χ2v) is 10.8. The van der Waals surface area contributed by atoms with Gasteiger partial charge < -0.3 is 39.4 Å². The summed E-state index contributed by atoms with van der Waals surface area (Å²) < 4.78 is 23.7. The van der Waals surface area contributed by atoms with Crippen molar-refractivity contribution in [1.29, 1.82) is 0 Å². The maximum Gasteiger partial charge on any atom is 0.343 e. The van der Waals surface area contributed by atoms with Gasteiger partial charge in [-0.25, -0.2) is 9.48 Å². The number of hydrogen-bond acceptors (Lipinski definition) is 11. The van der Waals surface area contributed by atoms with Gasteiger partial charge in [-0.05, 0) is 55.0 Å². The van der Waals surface area contributed by atoms with Crippen molar-refractivity contribution >= 4 is 5.97 Å². The second kappa shape index (κ2) is 17.2. The van der Waals surface area contributed by atoms with Gasteiger partial charge in [-0.1, -0.05) is 50.7 Å². The molecule has 0 bridgehead atoms. The summed E-state index contributed by atoms with van der Waals surface area (Å²) >= 11 is 0. The molecule has 4 rings (SSSR count). The maximum absolute atomic E-state index is 12.6. The van der Waals surface area contributed by atoms with Crippen molar-refractivity contribution in [2.75, 3.05) is 19.8 Å². The van der Waals surface area contributed by atoms with Gasteiger partial charge in [-0.2, -0.15) is 0 Å². The molecule has 0 aliphatic carbocycles. The van der Waals surface area contributed by atoms with Crippen LogP contribution in [0.25, 0.3) is 11.3 Å². The summed E-state index contributed by atoms with van der Waals surface area (Å²) in [7, 11) is 0. The molecule has 240 valence electrons. The fourth-order valence-corrected chi connectivity index (χ4v) is 4.80. The highest BCUT2D eigenvalue weighted by atomic mass is 16.7. The Morgan fingerprint density at radius 2 is 1.55 bits per heavy atom. The standard InChI is InChI=1S/C32H43N3O9/c1-2-3-4-5-6-7-8-18-41-24-13-11-23(12-14-24)31(40)43-25-15-9-22(10-16-25)26-20-35(34-33-26)17-19-42-32-30(39)29(38)28(37)27(21-36)44-32/h9-16,20,27-30,32,36-39H,2-8,17-19,21H2,1H3/t27-,28+,29+,30-,32-/m1/s1. The summed E-state index contributed by atoms with van der Waals surface area (Å²) in [5.41, 5.74) is 1.77. The first-order chi connectivity index (χ1) is 21.4. The number of esters is 1. The number of rotatable bonds is 17. The van der Waals surface area contributed by atoms with E-state index in [9.17, 15) is 25.2 Å². The Kier molecular flexibility index (Phi) is 13.1. The Balaban J connectivity index is 1.19. The minimum Gasteiger partial charge on any atom is -0.494 e. The van der Waals surface area contributed by atoms with Crippen LogP contribution in [-0.4, -0.2) is 91.9 Å². The molecular formula is C32H43N3O9. The number of aliphatic hydroxyl groups excluding tert-OH is 4. The monoisotopic (exact) mass is 613 g/mol. The lowest BCUT2D eigenvalue weighted by atomic mass is 9.99. The maximum atomic E-state index is 12.6. The molecule has 0 radical (unpaired) electrons. The van der Waals surface area contributed by atoms with Crippen LogP contribution >= 0.6 is 0 Å². The third kappa shape index (κ3) is 9.55. The van der Waals surface area contributed by atoms with Crippen LogP contribution in [0.2, 0.25) is 0 Å². The van der Waals surface area contributed by atoms with Crippen LogP contribution in [0.3, 0.4) is 0 Å². The molecule has 1 aromatic heterocycles. The normalized spacial score (nSPS) is 21.7. The lowest BCUT2D eigenvalue weighted by Gasteiger charge is -2.39. The molecule has 5 atom stereocenters. The highest BCUT2D eigenvalue weighted by Crippen LogP contribution is 2.23. The van der Waals surface area contributed by atoms with E-state index in [1.807, 2.05) is 0 Å². The third-order valence-electron chi connectivity index (χ3n) is 7.46. The number of benzene rings is 2. The van der Waals surface area contributed by atoms with Gasteiger partial charge in [-0.15, -0.1) is 5.10 Å². The van der Waals surface area contributed by atoms with Crippen molar-refractivity contribution in [3.63, 3.8) is 0 Å². The molecule has 0 saturated carbocycles. The number of aliphatic hydroxyl groups is 4. The fourth-order valence-electron chi connectivity index (χ4n) is 4.80. The summed E-state index contributed by atoms with van der Waals surface area (Å²) in [5.74, 6) is 0.644. The van der Waals surface area contributed by atoms with Gasteiger partial charge in [0.2, 0.25) is 0 Å². The minimum atomic E-state index is -1.50. The van der Waals surface area contributed by atoms with Gasteiger partial charge in [0.25, 0.3) is 0 Å². The molecular weight excluding hydrogens is 570 g/mol. The van der Waals surface area contributed by atoms with Gasteiger partial charge in [0.15, 0.2) is 6.29 Å². The Morgan fingerprint density at radius 3 is 2.25 bits per heavy atom.